The molecule has 0 aliphatic rings. The summed E-state index contributed by atoms with van der Waals surface area (Å²) < 4.78 is 0. The maximum Gasteiger partial charge on any atom is 0.119 e. The second-order valence-corrected chi connectivity index (χ2v) is 3.41. The highest BCUT2D eigenvalue weighted by Crippen LogP contribution is 2.21. The third-order valence-corrected chi connectivity index (χ3v) is 2.42. The molecule has 1 aromatic rings. The lowest BCUT2D eigenvalue weighted by molar-refractivity contribution is 1.13. The number of thioether (sulfide) groups is 1. The number of anilines is 1. The molecule has 0 saturated carbocycles. The fourth-order valence-corrected chi connectivity index (χ4v) is 1.61. The van der Waals surface area contributed by atoms with Gasteiger partial charge < -0.3 is 5.73 Å². The van der Waals surface area contributed by atoms with Gasteiger partial charge >= 0.3 is 0 Å². The number of nitrogen functional groups attached to an aromatic ring is 1. The van der Waals surface area contributed by atoms with Gasteiger partial charge in [-0.3, -0.25) is 0 Å². The van der Waals surface area contributed by atoms with E-state index in [0.29, 0.717) is 0 Å². The fraction of sp³-hybridized carbons (Fsp3) is 0.222. The van der Waals surface area contributed by atoms with Crippen LogP contribution in [0.15, 0.2) is 36.0 Å². The fourth-order valence-electron chi connectivity index (χ4n) is 0.763. The summed E-state index contributed by atoms with van der Waals surface area (Å²) in [7, 11) is 0. The first-order valence-electron chi connectivity index (χ1n) is 3.79. The standard InChI is InChI=1S/C9H12N2S/c1-2-3-7-12-9-8(10)5-4-6-11-9/h2,4-6H,1,3,7,10H2. The monoisotopic (exact) mass is 180 g/mol. The van der Waals surface area contributed by atoms with Gasteiger partial charge in [-0.2, -0.15) is 0 Å². The molecule has 1 rings (SSSR count). The third kappa shape index (κ3) is 2.58. The van der Waals surface area contributed by atoms with Crippen molar-refractivity contribution in [2.24, 2.45) is 0 Å². The maximum absolute atomic E-state index is 5.69. The van der Waals surface area contributed by atoms with Crippen LogP contribution in [-0.2, 0) is 0 Å². The van der Waals surface area contributed by atoms with Gasteiger partial charge in [0, 0.05) is 11.9 Å². The molecule has 0 unspecified atom stereocenters. The predicted octanol–water partition coefficient (Wildman–Crippen LogP) is 2.33. The minimum atomic E-state index is 0.756. The molecule has 0 saturated heterocycles. The molecule has 1 heterocycles. The molecule has 0 fully saturated rings. The Labute approximate surface area is 76.9 Å². The van der Waals surface area contributed by atoms with E-state index in [0.717, 1.165) is 22.9 Å². The van der Waals surface area contributed by atoms with Crippen molar-refractivity contribution in [3.8, 4) is 0 Å². The van der Waals surface area contributed by atoms with Crippen molar-refractivity contribution in [3.63, 3.8) is 0 Å². The molecular formula is C9H12N2S. The lowest BCUT2D eigenvalue weighted by Crippen LogP contribution is -1.91. The largest absolute Gasteiger partial charge is 0.397 e. The van der Waals surface area contributed by atoms with E-state index in [2.05, 4.69) is 11.6 Å². The maximum atomic E-state index is 5.69. The molecular weight excluding hydrogens is 168 g/mol. The first kappa shape index (κ1) is 9.13. The normalized spacial score (nSPS) is 9.67. The van der Waals surface area contributed by atoms with E-state index in [1.165, 1.54) is 0 Å². The van der Waals surface area contributed by atoms with Gasteiger partial charge in [-0.1, -0.05) is 6.08 Å². The molecule has 0 amide bonds. The number of hydrogen-bond acceptors (Lipinski definition) is 3. The molecule has 2 nitrogen and oxygen atoms in total. The zero-order valence-corrected chi connectivity index (χ0v) is 7.68. The Morgan fingerprint density at radius 1 is 1.67 bits per heavy atom. The molecule has 2 N–H and O–H groups in total. The van der Waals surface area contributed by atoms with Gasteiger partial charge in [0.1, 0.15) is 5.03 Å². The van der Waals surface area contributed by atoms with Crippen molar-refractivity contribution < 1.29 is 0 Å². The Bertz CT molecular complexity index is 260. The van der Waals surface area contributed by atoms with Crippen molar-refractivity contribution in [3.05, 3.63) is 31.0 Å². The van der Waals surface area contributed by atoms with Crippen molar-refractivity contribution >= 4 is 17.4 Å². The molecule has 0 spiro atoms. The quantitative estimate of drug-likeness (QED) is 0.439. The predicted molar refractivity (Wildman–Crippen MR) is 54.2 cm³/mol. The van der Waals surface area contributed by atoms with Gasteiger partial charge in [0.15, 0.2) is 0 Å². The topological polar surface area (TPSA) is 38.9 Å². The number of rotatable bonds is 4. The summed E-state index contributed by atoms with van der Waals surface area (Å²) >= 11 is 1.66. The molecule has 0 atom stereocenters. The smallest absolute Gasteiger partial charge is 0.119 e. The molecule has 0 aromatic carbocycles. The Morgan fingerprint density at radius 2 is 2.50 bits per heavy atom. The van der Waals surface area contributed by atoms with Gasteiger partial charge in [-0.25, -0.2) is 4.98 Å². The molecule has 0 aliphatic carbocycles. The van der Waals surface area contributed by atoms with Gasteiger partial charge in [0.25, 0.3) is 0 Å². The number of hydrogen-bond donors (Lipinski definition) is 1. The summed E-state index contributed by atoms with van der Waals surface area (Å²) in [5.41, 5.74) is 6.45. The number of nitrogens with zero attached hydrogens (tertiary/aromatic N) is 1. The molecule has 0 aliphatic heterocycles. The molecule has 64 valence electrons. The van der Waals surface area contributed by atoms with Crippen LogP contribution in [0.4, 0.5) is 5.69 Å². The van der Waals surface area contributed by atoms with Crippen LogP contribution in [0.3, 0.4) is 0 Å². The van der Waals surface area contributed by atoms with Crippen LogP contribution in [0.5, 0.6) is 0 Å². The van der Waals surface area contributed by atoms with Crippen LogP contribution in [0.1, 0.15) is 6.42 Å². The van der Waals surface area contributed by atoms with E-state index in [9.17, 15) is 0 Å². The zero-order chi connectivity index (χ0) is 8.81. The lowest BCUT2D eigenvalue weighted by Gasteiger charge is -2.01. The highest BCUT2D eigenvalue weighted by molar-refractivity contribution is 7.99. The lowest BCUT2D eigenvalue weighted by atomic mass is 10.4. The van der Waals surface area contributed by atoms with Crippen LogP contribution in [0.2, 0.25) is 0 Å². The van der Waals surface area contributed by atoms with Gasteiger partial charge in [-0.15, -0.1) is 18.3 Å². The van der Waals surface area contributed by atoms with Crippen molar-refractivity contribution in [2.45, 2.75) is 11.4 Å². The summed E-state index contributed by atoms with van der Waals surface area (Å²) in [5.74, 6) is 0.991. The van der Waals surface area contributed by atoms with E-state index in [-0.39, 0.29) is 0 Å². The number of allylic oxidation sites excluding steroid dienone is 1. The van der Waals surface area contributed by atoms with E-state index in [4.69, 9.17) is 5.73 Å². The number of nitrogens with two attached hydrogens (primary N) is 1. The Hall–Kier alpha value is -0.960. The van der Waals surface area contributed by atoms with Crippen molar-refractivity contribution in [2.75, 3.05) is 11.5 Å². The van der Waals surface area contributed by atoms with Gasteiger partial charge in [0.2, 0.25) is 0 Å². The second kappa shape index (κ2) is 4.83. The van der Waals surface area contributed by atoms with Crippen LogP contribution < -0.4 is 5.73 Å². The Balaban J connectivity index is 2.51. The Morgan fingerprint density at radius 3 is 3.17 bits per heavy atom. The summed E-state index contributed by atoms with van der Waals surface area (Å²) in [5, 5.41) is 0.916. The van der Waals surface area contributed by atoms with Gasteiger partial charge in [0.05, 0.1) is 5.69 Å². The van der Waals surface area contributed by atoms with Crippen LogP contribution in [-0.4, -0.2) is 10.7 Å². The number of aromatic nitrogens is 1. The first-order valence-corrected chi connectivity index (χ1v) is 4.77. The average molecular weight is 180 g/mol. The van der Waals surface area contributed by atoms with E-state index in [1.54, 1.807) is 18.0 Å². The van der Waals surface area contributed by atoms with Gasteiger partial charge in [-0.05, 0) is 18.6 Å². The highest BCUT2D eigenvalue weighted by atomic mass is 32.2. The Kier molecular flexibility index (Phi) is 3.67. The van der Waals surface area contributed by atoms with Crippen molar-refractivity contribution in [1.82, 2.24) is 4.98 Å². The SMILES string of the molecule is C=CCCSc1ncccc1N. The third-order valence-electron chi connectivity index (χ3n) is 1.36. The summed E-state index contributed by atoms with van der Waals surface area (Å²) in [6, 6.07) is 3.70. The van der Waals surface area contributed by atoms with Crippen LogP contribution >= 0.6 is 11.8 Å². The van der Waals surface area contributed by atoms with Crippen LogP contribution in [0.25, 0.3) is 0 Å². The highest BCUT2D eigenvalue weighted by Gasteiger charge is 1.97. The second-order valence-electron chi connectivity index (χ2n) is 2.32. The van der Waals surface area contributed by atoms with Crippen LogP contribution in [0, 0.1) is 0 Å². The molecule has 0 bridgehead atoms. The molecule has 3 heteroatoms. The number of pyridine rings is 1. The first-order chi connectivity index (χ1) is 5.84. The summed E-state index contributed by atoms with van der Waals surface area (Å²) in [6.07, 6.45) is 4.64. The summed E-state index contributed by atoms with van der Waals surface area (Å²) in [6.45, 7) is 3.65. The average Bonchev–Trinajstić information content (AvgIpc) is 2.09. The minimum absolute atomic E-state index is 0.756. The molecule has 12 heavy (non-hydrogen) atoms. The van der Waals surface area contributed by atoms with Crippen molar-refractivity contribution in [1.29, 1.82) is 0 Å². The zero-order valence-electron chi connectivity index (χ0n) is 6.86. The molecule has 0 radical (unpaired) electrons. The van der Waals surface area contributed by atoms with E-state index >= 15 is 0 Å². The minimum Gasteiger partial charge on any atom is -0.397 e. The summed E-state index contributed by atoms with van der Waals surface area (Å²) in [4.78, 5) is 4.15. The van der Waals surface area contributed by atoms with E-state index in [1.807, 2.05) is 18.2 Å². The molecule has 1 aromatic heterocycles. The van der Waals surface area contributed by atoms with E-state index < -0.39 is 0 Å².